The van der Waals surface area contributed by atoms with Crippen molar-refractivity contribution in [3.8, 4) is 17.0 Å². The third kappa shape index (κ3) is 4.30. The molecule has 4 aromatic rings. The first-order valence-electron chi connectivity index (χ1n) is 10.2. The van der Waals surface area contributed by atoms with Crippen molar-refractivity contribution in [2.45, 2.75) is 11.4 Å². The van der Waals surface area contributed by atoms with Gasteiger partial charge in [-0.25, -0.2) is 32.0 Å². The fourth-order valence-electron chi connectivity index (χ4n) is 3.71. The first kappa shape index (κ1) is 22.5. The number of anilines is 2. The van der Waals surface area contributed by atoms with Crippen molar-refractivity contribution in [2.24, 2.45) is 0 Å². The Labute approximate surface area is 198 Å². The number of rotatable bonds is 5. The molecule has 2 aromatic heterocycles. The summed E-state index contributed by atoms with van der Waals surface area (Å²) in [5.74, 6) is -1.66. The SMILES string of the molecule is COc1ncc(-c2ccc3nc4c(cc3c2)CNC(=O)N4)cc1NS(=O)(=O)c1ccc(F)cc1F. The first-order chi connectivity index (χ1) is 16.7. The van der Waals surface area contributed by atoms with Crippen LogP contribution in [0.5, 0.6) is 5.88 Å². The van der Waals surface area contributed by atoms with Crippen LogP contribution in [-0.2, 0) is 16.6 Å². The molecule has 0 unspecified atom stereocenters. The average molecular weight is 497 g/mol. The quantitative estimate of drug-likeness (QED) is 0.383. The van der Waals surface area contributed by atoms with E-state index in [0.29, 0.717) is 35.1 Å². The van der Waals surface area contributed by atoms with Crippen LogP contribution >= 0.6 is 0 Å². The number of ether oxygens (including phenoxy) is 1. The molecule has 2 amide bonds. The van der Waals surface area contributed by atoms with Gasteiger partial charge in [0.15, 0.2) is 0 Å². The maximum atomic E-state index is 14.1. The zero-order valence-corrected chi connectivity index (χ0v) is 18.9. The second-order valence-corrected chi connectivity index (χ2v) is 9.32. The average Bonchev–Trinajstić information content (AvgIpc) is 2.82. The van der Waals surface area contributed by atoms with Gasteiger partial charge in [0.05, 0.1) is 12.6 Å². The van der Waals surface area contributed by atoms with E-state index in [1.807, 2.05) is 12.1 Å². The van der Waals surface area contributed by atoms with Gasteiger partial charge < -0.3 is 10.1 Å². The smallest absolute Gasteiger partial charge is 0.320 e. The van der Waals surface area contributed by atoms with Crippen molar-refractivity contribution in [1.82, 2.24) is 15.3 Å². The number of benzene rings is 2. The predicted molar refractivity (Wildman–Crippen MR) is 125 cm³/mol. The highest BCUT2D eigenvalue weighted by atomic mass is 32.2. The van der Waals surface area contributed by atoms with Gasteiger partial charge in [-0.2, -0.15) is 0 Å². The highest BCUT2D eigenvalue weighted by Gasteiger charge is 2.22. The van der Waals surface area contributed by atoms with Gasteiger partial charge in [0.25, 0.3) is 10.0 Å². The Bertz CT molecular complexity index is 1610. The minimum atomic E-state index is -4.40. The van der Waals surface area contributed by atoms with Gasteiger partial charge >= 0.3 is 6.03 Å². The van der Waals surface area contributed by atoms with Crippen LogP contribution in [0.2, 0.25) is 0 Å². The van der Waals surface area contributed by atoms with E-state index in [1.54, 1.807) is 12.1 Å². The fraction of sp³-hybridized carbons (Fsp3) is 0.0870. The van der Waals surface area contributed by atoms with Crippen molar-refractivity contribution >= 4 is 38.5 Å². The second kappa shape index (κ2) is 8.47. The van der Waals surface area contributed by atoms with E-state index in [4.69, 9.17) is 4.74 Å². The zero-order chi connectivity index (χ0) is 24.7. The van der Waals surface area contributed by atoms with Crippen LogP contribution in [0, 0.1) is 11.6 Å². The lowest BCUT2D eigenvalue weighted by Crippen LogP contribution is -2.33. The van der Waals surface area contributed by atoms with E-state index in [-0.39, 0.29) is 17.6 Å². The maximum absolute atomic E-state index is 14.1. The van der Waals surface area contributed by atoms with Gasteiger partial charge in [-0.3, -0.25) is 10.0 Å². The summed E-state index contributed by atoms with van der Waals surface area (Å²) < 4.78 is 60.4. The van der Waals surface area contributed by atoms with E-state index in [2.05, 4.69) is 25.3 Å². The molecular weight excluding hydrogens is 480 g/mol. The molecule has 12 heteroatoms. The lowest BCUT2D eigenvalue weighted by atomic mass is 10.0. The molecule has 2 aromatic carbocycles. The Kier molecular flexibility index (Phi) is 5.44. The number of hydrogen-bond acceptors (Lipinski definition) is 6. The number of sulfonamides is 1. The molecule has 0 bridgehead atoms. The molecule has 0 radical (unpaired) electrons. The predicted octanol–water partition coefficient (Wildman–Crippen LogP) is 4.02. The third-order valence-corrected chi connectivity index (χ3v) is 6.77. The van der Waals surface area contributed by atoms with E-state index in [1.165, 1.54) is 19.4 Å². The largest absolute Gasteiger partial charge is 0.480 e. The van der Waals surface area contributed by atoms with Crippen molar-refractivity contribution in [1.29, 1.82) is 0 Å². The second-order valence-electron chi connectivity index (χ2n) is 7.67. The summed E-state index contributed by atoms with van der Waals surface area (Å²) in [5, 5.41) is 6.14. The molecule has 3 heterocycles. The van der Waals surface area contributed by atoms with Gasteiger partial charge in [-0.05, 0) is 42.0 Å². The summed E-state index contributed by atoms with van der Waals surface area (Å²) in [5.41, 5.74) is 2.70. The molecule has 0 spiro atoms. The maximum Gasteiger partial charge on any atom is 0.320 e. The molecule has 0 fully saturated rings. The van der Waals surface area contributed by atoms with Gasteiger partial charge in [0, 0.05) is 35.3 Å². The third-order valence-electron chi connectivity index (χ3n) is 5.37. The molecule has 5 rings (SSSR count). The number of halogens is 2. The zero-order valence-electron chi connectivity index (χ0n) is 18.1. The number of nitrogens with one attached hydrogen (secondary N) is 3. The van der Waals surface area contributed by atoms with Crippen molar-refractivity contribution in [3.63, 3.8) is 0 Å². The van der Waals surface area contributed by atoms with E-state index in [0.717, 1.165) is 23.1 Å². The van der Waals surface area contributed by atoms with Crippen molar-refractivity contribution in [2.75, 3.05) is 17.1 Å². The fourth-order valence-corrected chi connectivity index (χ4v) is 4.82. The Morgan fingerprint density at radius 1 is 1.06 bits per heavy atom. The Balaban J connectivity index is 1.53. The molecule has 0 aliphatic carbocycles. The molecule has 178 valence electrons. The topological polar surface area (TPSA) is 122 Å². The Morgan fingerprint density at radius 3 is 2.66 bits per heavy atom. The summed E-state index contributed by atoms with van der Waals surface area (Å²) in [6.45, 7) is 0.338. The van der Waals surface area contributed by atoms with E-state index >= 15 is 0 Å². The van der Waals surface area contributed by atoms with Gasteiger partial charge in [0.2, 0.25) is 5.88 Å². The number of hydrogen-bond donors (Lipinski definition) is 3. The lowest BCUT2D eigenvalue weighted by molar-refractivity contribution is 0.250. The molecule has 9 nitrogen and oxygen atoms in total. The Morgan fingerprint density at radius 2 is 1.89 bits per heavy atom. The van der Waals surface area contributed by atoms with Crippen LogP contribution in [0.4, 0.5) is 25.1 Å². The summed E-state index contributed by atoms with van der Waals surface area (Å²) in [6.07, 6.45) is 1.50. The van der Waals surface area contributed by atoms with Gasteiger partial charge in [0.1, 0.15) is 28.0 Å². The molecule has 0 atom stereocenters. The number of carbonyl (C=O) groups is 1. The van der Waals surface area contributed by atoms with Crippen LogP contribution in [0.1, 0.15) is 5.56 Å². The molecule has 1 aliphatic heterocycles. The van der Waals surface area contributed by atoms with E-state index < -0.39 is 26.6 Å². The number of amides is 2. The minimum absolute atomic E-state index is 0.0238. The molecule has 1 aliphatic rings. The summed E-state index contributed by atoms with van der Waals surface area (Å²) in [6, 6.07) is 10.6. The van der Waals surface area contributed by atoms with Crippen LogP contribution in [0.25, 0.3) is 22.0 Å². The normalized spacial score (nSPS) is 13.1. The minimum Gasteiger partial charge on any atom is -0.480 e. The van der Waals surface area contributed by atoms with E-state index in [9.17, 15) is 22.0 Å². The van der Waals surface area contributed by atoms with Crippen molar-refractivity contribution < 1.29 is 26.7 Å². The standard InChI is InChI=1S/C23H17F2N5O4S/c1-34-22-19(30-35(32,33)20-5-3-16(24)9-17(20)25)8-14(10-26-22)12-2-4-18-13(6-12)7-15-11-27-23(31)29-21(15)28-18/h2-10,30H,11H2,1H3,(H2,27,28,29,31). The van der Waals surface area contributed by atoms with Crippen LogP contribution in [0.3, 0.4) is 0 Å². The highest BCUT2D eigenvalue weighted by Crippen LogP contribution is 2.32. The molecule has 35 heavy (non-hydrogen) atoms. The summed E-state index contributed by atoms with van der Waals surface area (Å²) >= 11 is 0. The molecule has 3 N–H and O–H groups in total. The van der Waals surface area contributed by atoms with Crippen molar-refractivity contribution in [3.05, 3.63) is 71.9 Å². The monoisotopic (exact) mass is 497 g/mol. The molecular formula is C23H17F2N5O4S. The van der Waals surface area contributed by atoms with Crippen LogP contribution < -0.4 is 20.1 Å². The number of urea groups is 1. The van der Waals surface area contributed by atoms with Crippen LogP contribution in [-0.4, -0.2) is 31.5 Å². The number of nitrogens with zero attached hydrogens (tertiary/aromatic N) is 2. The number of fused-ring (bicyclic) bond motifs is 2. The van der Waals surface area contributed by atoms with Crippen LogP contribution in [0.15, 0.2) is 59.6 Å². The number of carbonyl (C=O) groups excluding carboxylic acids is 1. The van der Waals surface area contributed by atoms with Gasteiger partial charge in [-0.15, -0.1) is 0 Å². The molecule has 0 saturated carbocycles. The number of aromatic nitrogens is 2. The Hall–Kier alpha value is -4.32. The lowest BCUT2D eigenvalue weighted by Gasteiger charge is -2.18. The number of pyridine rings is 2. The molecule has 0 saturated heterocycles. The summed E-state index contributed by atoms with van der Waals surface area (Å²) in [7, 11) is -3.09. The highest BCUT2D eigenvalue weighted by molar-refractivity contribution is 7.92. The summed E-state index contributed by atoms with van der Waals surface area (Å²) in [4.78, 5) is 19.5. The van der Waals surface area contributed by atoms with Gasteiger partial charge in [-0.1, -0.05) is 6.07 Å². The first-order valence-corrected chi connectivity index (χ1v) is 11.7. The number of methoxy groups -OCH3 is 1.